The number of aliphatic hydroxyl groups is 1. The molecule has 0 saturated carbocycles. The van der Waals surface area contributed by atoms with Crippen molar-refractivity contribution < 1.29 is 18.6 Å². The van der Waals surface area contributed by atoms with Gasteiger partial charge in [0.2, 0.25) is 0 Å². The van der Waals surface area contributed by atoms with Gasteiger partial charge in [-0.1, -0.05) is 25.1 Å². The second kappa shape index (κ2) is 5.80. The highest BCUT2D eigenvalue weighted by Crippen LogP contribution is 2.31. The van der Waals surface area contributed by atoms with Gasteiger partial charge in [-0.3, -0.25) is 0 Å². The lowest BCUT2D eigenvalue weighted by atomic mass is 10.1. The van der Waals surface area contributed by atoms with Crippen molar-refractivity contribution in [1.82, 2.24) is 0 Å². The van der Waals surface area contributed by atoms with Gasteiger partial charge in [0, 0.05) is 23.8 Å². The lowest BCUT2D eigenvalue weighted by Gasteiger charge is -2.14. The molecule has 0 fully saturated rings. The number of hydrogen-bond acceptors (Lipinski definition) is 2. The number of benzene rings is 2. The van der Waals surface area contributed by atoms with Crippen molar-refractivity contribution in [2.45, 2.75) is 19.4 Å². The van der Waals surface area contributed by atoms with E-state index in [-0.39, 0.29) is 5.75 Å². The molecule has 100 valence electrons. The summed E-state index contributed by atoms with van der Waals surface area (Å²) in [5, 5.41) is 9.87. The molecule has 1 N–H and O–H groups in total. The molecular weight excluding hydrogens is 250 g/mol. The summed E-state index contributed by atoms with van der Waals surface area (Å²) >= 11 is 0. The predicted molar refractivity (Wildman–Crippen MR) is 68.1 cm³/mol. The summed E-state index contributed by atoms with van der Waals surface area (Å²) in [5.41, 5.74) is 0.592. The van der Waals surface area contributed by atoms with Gasteiger partial charge in [-0.25, -0.2) is 8.78 Å². The van der Waals surface area contributed by atoms with Crippen LogP contribution in [0.1, 0.15) is 25.0 Å². The summed E-state index contributed by atoms with van der Waals surface area (Å²) in [6, 6.07) is 9.84. The number of hydrogen-bond donors (Lipinski definition) is 1. The molecule has 0 unspecified atom stereocenters. The van der Waals surface area contributed by atoms with E-state index >= 15 is 0 Å². The van der Waals surface area contributed by atoms with Crippen LogP contribution in [0.2, 0.25) is 0 Å². The number of rotatable bonds is 4. The Morgan fingerprint density at radius 3 is 2.37 bits per heavy atom. The largest absolute Gasteiger partial charge is 0.457 e. The van der Waals surface area contributed by atoms with Crippen molar-refractivity contribution in [2.75, 3.05) is 0 Å². The molecule has 2 rings (SSSR count). The Morgan fingerprint density at radius 1 is 1.11 bits per heavy atom. The Labute approximate surface area is 110 Å². The highest BCUT2D eigenvalue weighted by atomic mass is 19.1. The summed E-state index contributed by atoms with van der Waals surface area (Å²) < 4.78 is 31.6. The Bertz CT molecular complexity index is 550. The molecule has 0 aliphatic carbocycles. The maximum atomic E-state index is 13.1. The highest BCUT2D eigenvalue weighted by molar-refractivity contribution is 5.39. The molecule has 2 aromatic rings. The van der Waals surface area contributed by atoms with Gasteiger partial charge in [0.15, 0.2) is 0 Å². The van der Waals surface area contributed by atoms with Gasteiger partial charge >= 0.3 is 0 Å². The van der Waals surface area contributed by atoms with Crippen molar-refractivity contribution in [3.63, 3.8) is 0 Å². The van der Waals surface area contributed by atoms with Gasteiger partial charge in [-0.15, -0.1) is 0 Å². The first-order chi connectivity index (χ1) is 9.10. The van der Waals surface area contributed by atoms with E-state index in [4.69, 9.17) is 4.74 Å². The molecule has 0 aliphatic heterocycles. The number of halogens is 2. The van der Waals surface area contributed by atoms with Crippen LogP contribution in [0.15, 0.2) is 42.5 Å². The third kappa shape index (κ3) is 3.29. The normalized spacial score (nSPS) is 12.2. The highest BCUT2D eigenvalue weighted by Gasteiger charge is 2.12. The molecule has 4 heteroatoms. The molecule has 0 heterocycles. The molecule has 0 aliphatic rings. The average Bonchev–Trinajstić information content (AvgIpc) is 2.37. The van der Waals surface area contributed by atoms with E-state index in [0.29, 0.717) is 17.7 Å². The fourth-order valence-electron chi connectivity index (χ4n) is 1.78. The molecule has 2 aromatic carbocycles. The van der Waals surface area contributed by atoms with Gasteiger partial charge in [-0.05, 0) is 12.5 Å². The molecule has 2 nitrogen and oxygen atoms in total. The Balaban J connectivity index is 2.32. The molecule has 0 aromatic heterocycles. The Hall–Kier alpha value is -1.94. The van der Waals surface area contributed by atoms with Crippen LogP contribution in [-0.2, 0) is 0 Å². The topological polar surface area (TPSA) is 29.5 Å². The summed E-state index contributed by atoms with van der Waals surface area (Å²) in [6.45, 7) is 1.84. The predicted octanol–water partition coefficient (Wildman–Crippen LogP) is 4.20. The molecule has 0 saturated heterocycles. The average molecular weight is 264 g/mol. The maximum Gasteiger partial charge on any atom is 0.133 e. The first-order valence-electron chi connectivity index (χ1n) is 6.01. The van der Waals surface area contributed by atoms with Crippen LogP contribution >= 0.6 is 0 Å². The number of aliphatic hydroxyl groups excluding tert-OH is 1. The first-order valence-corrected chi connectivity index (χ1v) is 6.01. The summed E-state index contributed by atoms with van der Waals surface area (Å²) in [7, 11) is 0. The van der Waals surface area contributed by atoms with Crippen LogP contribution in [0, 0.1) is 11.6 Å². The fourth-order valence-corrected chi connectivity index (χ4v) is 1.78. The lowest BCUT2D eigenvalue weighted by Crippen LogP contribution is -1.99. The van der Waals surface area contributed by atoms with E-state index in [9.17, 15) is 13.9 Å². The Kier molecular flexibility index (Phi) is 4.12. The van der Waals surface area contributed by atoms with Gasteiger partial charge in [0.1, 0.15) is 23.1 Å². The van der Waals surface area contributed by atoms with Gasteiger partial charge in [0.05, 0.1) is 6.10 Å². The van der Waals surface area contributed by atoms with Gasteiger partial charge < -0.3 is 9.84 Å². The van der Waals surface area contributed by atoms with Crippen LogP contribution in [0.3, 0.4) is 0 Å². The Morgan fingerprint density at radius 2 is 1.74 bits per heavy atom. The van der Waals surface area contributed by atoms with E-state index in [2.05, 4.69) is 0 Å². The second-order valence-electron chi connectivity index (χ2n) is 4.17. The monoisotopic (exact) mass is 264 g/mol. The van der Waals surface area contributed by atoms with E-state index < -0.39 is 17.7 Å². The van der Waals surface area contributed by atoms with E-state index in [0.717, 1.165) is 18.2 Å². The quantitative estimate of drug-likeness (QED) is 0.896. The minimum Gasteiger partial charge on any atom is -0.457 e. The molecule has 19 heavy (non-hydrogen) atoms. The number of para-hydroxylation sites is 1. The third-order valence-corrected chi connectivity index (χ3v) is 2.73. The van der Waals surface area contributed by atoms with Crippen LogP contribution in [0.4, 0.5) is 8.78 Å². The SMILES string of the molecule is CC[C@H](O)c1ccccc1Oc1cc(F)cc(F)c1. The zero-order valence-electron chi connectivity index (χ0n) is 10.4. The zero-order valence-corrected chi connectivity index (χ0v) is 10.4. The van der Waals surface area contributed by atoms with Gasteiger partial charge in [-0.2, -0.15) is 0 Å². The summed E-state index contributed by atoms with van der Waals surface area (Å²) in [6.07, 6.45) is -0.146. The third-order valence-electron chi connectivity index (χ3n) is 2.73. The van der Waals surface area contributed by atoms with E-state index in [1.165, 1.54) is 0 Å². The van der Waals surface area contributed by atoms with Crippen molar-refractivity contribution in [1.29, 1.82) is 0 Å². The van der Waals surface area contributed by atoms with Crippen LogP contribution in [-0.4, -0.2) is 5.11 Å². The second-order valence-corrected chi connectivity index (χ2v) is 4.17. The van der Waals surface area contributed by atoms with Crippen LogP contribution in [0.5, 0.6) is 11.5 Å². The van der Waals surface area contributed by atoms with Crippen molar-refractivity contribution in [3.8, 4) is 11.5 Å². The van der Waals surface area contributed by atoms with Crippen molar-refractivity contribution in [3.05, 3.63) is 59.7 Å². The van der Waals surface area contributed by atoms with Crippen LogP contribution in [0.25, 0.3) is 0 Å². The molecule has 1 atom stereocenters. The minimum atomic E-state index is -0.705. The fraction of sp³-hybridized carbons (Fsp3) is 0.200. The molecule has 0 bridgehead atoms. The van der Waals surface area contributed by atoms with Gasteiger partial charge in [0.25, 0.3) is 0 Å². The standard InChI is InChI=1S/C15H14F2O2/c1-2-14(18)13-5-3-4-6-15(13)19-12-8-10(16)7-11(17)9-12/h3-9,14,18H,2H2,1H3/t14-/m0/s1. The molecular formula is C15H14F2O2. The smallest absolute Gasteiger partial charge is 0.133 e. The zero-order chi connectivity index (χ0) is 13.8. The molecule has 0 radical (unpaired) electrons. The minimum absolute atomic E-state index is 0.0632. The van der Waals surface area contributed by atoms with Crippen molar-refractivity contribution in [2.24, 2.45) is 0 Å². The van der Waals surface area contributed by atoms with Crippen molar-refractivity contribution >= 4 is 0 Å². The summed E-state index contributed by atoms with van der Waals surface area (Å²) in [4.78, 5) is 0. The van der Waals surface area contributed by atoms with E-state index in [1.807, 2.05) is 6.92 Å². The molecule has 0 amide bonds. The first kappa shape index (κ1) is 13.5. The van der Waals surface area contributed by atoms with E-state index in [1.54, 1.807) is 24.3 Å². The molecule has 0 spiro atoms. The van der Waals surface area contributed by atoms with Crippen LogP contribution < -0.4 is 4.74 Å². The number of ether oxygens (including phenoxy) is 1. The lowest BCUT2D eigenvalue weighted by molar-refractivity contribution is 0.170. The summed E-state index contributed by atoms with van der Waals surface area (Å²) in [5.74, 6) is -0.956. The maximum absolute atomic E-state index is 13.1.